The second-order valence-electron chi connectivity index (χ2n) is 5.23. The largest absolute Gasteiger partial charge is 0.377 e. The molecule has 0 N–H and O–H groups in total. The Kier molecular flexibility index (Phi) is 5.20. The summed E-state index contributed by atoms with van der Waals surface area (Å²) in [6.45, 7) is 1.51. The summed E-state index contributed by atoms with van der Waals surface area (Å²) in [7, 11) is 1.80. The van der Waals surface area contributed by atoms with Crippen molar-refractivity contribution in [3.8, 4) is 0 Å². The van der Waals surface area contributed by atoms with Crippen LogP contribution in [-0.4, -0.2) is 43.5 Å². The van der Waals surface area contributed by atoms with Crippen molar-refractivity contribution in [2.75, 3.05) is 26.7 Å². The maximum atomic E-state index is 13.5. The molecular weight excluding hydrogens is 264 g/mol. The molecule has 1 fully saturated rings. The van der Waals surface area contributed by atoms with Crippen LogP contribution in [0.25, 0.3) is 0 Å². The maximum absolute atomic E-state index is 13.5. The van der Waals surface area contributed by atoms with E-state index in [0.717, 1.165) is 38.0 Å². The summed E-state index contributed by atoms with van der Waals surface area (Å²) in [4.78, 5) is 13.8. The number of carbonyl (C=O) groups excluding carboxylic acids is 1. The molecule has 1 aromatic rings. The van der Waals surface area contributed by atoms with Crippen molar-refractivity contribution in [2.24, 2.45) is 0 Å². The van der Waals surface area contributed by atoms with Gasteiger partial charge in [-0.15, -0.1) is 0 Å². The molecule has 1 heterocycles. The van der Waals surface area contributed by atoms with Crippen LogP contribution in [0.15, 0.2) is 18.2 Å². The van der Waals surface area contributed by atoms with Gasteiger partial charge in [0.15, 0.2) is 5.78 Å². The number of halogens is 2. The summed E-state index contributed by atoms with van der Waals surface area (Å²) in [5.74, 6) is -1.83. The zero-order valence-corrected chi connectivity index (χ0v) is 11.6. The number of hydrogen-bond donors (Lipinski definition) is 0. The second kappa shape index (κ2) is 6.90. The number of ketones is 1. The Morgan fingerprint density at radius 2 is 2.20 bits per heavy atom. The standard InChI is InChI=1S/C15H19F2NO2/c1-18(9-12-4-2-3-7-20-12)10-15(19)13-6-5-11(16)8-14(13)17/h5-6,8,12H,2-4,7,9-10H2,1H3. The molecule has 0 aromatic heterocycles. The Labute approximate surface area is 117 Å². The minimum atomic E-state index is -0.808. The van der Waals surface area contributed by atoms with Crippen molar-refractivity contribution in [3.05, 3.63) is 35.4 Å². The number of Topliss-reactive ketones (excluding diaryl/α,β-unsaturated/α-hetero) is 1. The normalized spacial score (nSPS) is 19.3. The van der Waals surface area contributed by atoms with Crippen LogP contribution in [0, 0.1) is 11.6 Å². The van der Waals surface area contributed by atoms with E-state index in [-0.39, 0.29) is 24.0 Å². The Bertz CT molecular complexity index is 473. The predicted molar refractivity (Wildman–Crippen MR) is 71.8 cm³/mol. The quantitative estimate of drug-likeness (QED) is 0.778. The Hall–Kier alpha value is -1.33. The number of rotatable bonds is 5. The summed E-state index contributed by atoms with van der Waals surface area (Å²) in [6, 6.07) is 3.02. The molecule has 5 heteroatoms. The minimum absolute atomic E-state index is 0.0668. The lowest BCUT2D eigenvalue weighted by atomic mass is 10.1. The zero-order chi connectivity index (χ0) is 14.5. The van der Waals surface area contributed by atoms with Crippen molar-refractivity contribution in [3.63, 3.8) is 0 Å². The number of likely N-dealkylation sites (N-methyl/N-ethyl adjacent to an activating group) is 1. The highest BCUT2D eigenvalue weighted by Gasteiger charge is 2.19. The Morgan fingerprint density at radius 1 is 1.40 bits per heavy atom. The van der Waals surface area contributed by atoms with Gasteiger partial charge in [0.2, 0.25) is 0 Å². The molecule has 2 rings (SSSR count). The first kappa shape index (κ1) is 15.1. The SMILES string of the molecule is CN(CC(=O)c1ccc(F)cc1F)CC1CCCCO1. The van der Waals surface area contributed by atoms with E-state index < -0.39 is 11.6 Å². The summed E-state index contributed by atoms with van der Waals surface area (Å²) in [6.07, 6.45) is 3.35. The van der Waals surface area contributed by atoms with Crippen LogP contribution in [0.3, 0.4) is 0 Å². The lowest BCUT2D eigenvalue weighted by Crippen LogP contribution is -2.36. The first-order valence-corrected chi connectivity index (χ1v) is 6.84. The van der Waals surface area contributed by atoms with E-state index in [0.29, 0.717) is 6.54 Å². The van der Waals surface area contributed by atoms with Crippen LogP contribution in [0.5, 0.6) is 0 Å². The molecule has 0 amide bonds. The smallest absolute Gasteiger partial charge is 0.179 e. The van der Waals surface area contributed by atoms with E-state index in [2.05, 4.69) is 0 Å². The summed E-state index contributed by atoms with van der Waals surface area (Å²) >= 11 is 0. The minimum Gasteiger partial charge on any atom is -0.377 e. The van der Waals surface area contributed by atoms with Gasteiger partial charge in [0.1, 0.15) is 11.6 Å². The number of nitrogens with zero attached hydrogens (tertiary/aromatic N) is 1. The molecule has 1 saturated heterocycles. The molecule has 1 aromatic carbocycles. The molecule has 1 aliphatic heterocycles. The molecule has 1 atom stereocenters. The molecule has 0 saturated carbocycles. The molecule has 0 aliphatic carbocycles. The lowest BCUT2D eigenvalue weighted by molar-refractivity contribution is -0.000681. The fraction of sp³-hybridized carbons (Fsp3) is 0.533. The van der Waals surface area contributed by atoms with Crippen LogP contribution in [0.4, 0.5) is 8.78 Å². The number of benzene rings is 1. The van der Waals surface area contributed by atoms with Crippen molar-refractivity contribution in [2.45, 2.75) is 25.4 Å². The summed E-state index contributed by atoms with van der Waals surface area (Å²) < 4.78 is 31.9. The molecule has 0 bridgehead atoms. The Balaban J connectivity index is 1.89. The van der Waals surface area contributed by atoms with Gasteiger partial charge in [-0.3, -0.25) is 9.69 Å². The highest BCUT2D eigenvalue weighted by Crippen LogP contribution is 2.14. The van der Waals surface area contributed by atoms with Gasteiger partial charge in [0.25, 0.3) is 0 Å². The molecule has 0 spiro atoms. The van der Waals surface area contributed by atoms with Gasteiger partial charge in [-0.05, 0) is 38.4 Å². The molecule has 1 unspecified atom stereocenters. The maximum Gasteiger partial charge on any atom is 0.179 e. The monoisotopic (exact) mass is 283 g/mol. The van der Waals surface area contributed by atoms with Crippen molar-refractivity contribution >= 4 is 5.78 Å². The lowest BCUT2D eigenvalue weighted by Gasteiger charge is -2.27. The van der Waals surface area contributed by atoms with Crippen LogP contribution in [0.2, 0.25) is 0 Å². The summed E-state index contributed by atoms with van der Waals surface area (Å²) in [5.41, 5.74) is -0.0668. The third kappa shape index (κ3) is 4.08. The highest BCUT2D eigenvalue weighted by molar-refractivity contribution is 5.97. The Morgan fingerprint density at radius 3 is 2.85 bits per heavy atom. The predicted octanol–water partition coefficient (Wildman–Crippen LogP) is 2.65. The van der Waals surface area contributed by atoms with Gasteiger partial charge in [0, 0.05) is 19.2 Å². The summed E-state index contributed by atoms with van der Waals surface area (Å²) in [5, 5.41) is 0. The first-order valence-electron chi connectivity index (χ1n) is 6.84. The van der Waals surface area contributed by atoms with E-state index in [1.807, 2.05) is 4.90 Å². The van der Waals surface area contributed by atoms with Crippen molar-refractivity contribution < 1.29 is 18.3 Å². The first-order chi connectivity index (χ1) is 9.56. The van der Waals surface area contributed by atoms with Gasteiger partial charge in [0.05, 0.1) is 18.2 Å². The van der Waals surface area contributed by atoms with Gasteiger partial charge in [-0.25, -0.2) is 8.78 Å². The molecule has 1 aliphatic rings. The van der Waals surface area contributed by atoms with Crippen LogP contribution in [-0.2, 0) is 4.74 Å². The fourth-order valence-corrected chi connectivity index (χ4v) is 2.41. The number of carbonyl (C=O) groups is 1. The van der Waals surface area contributed by atoms with Gasteiger partial charge in [-0.2, -0.15) is 0 Å². The third-order valence-electron chi connectivity index (χ3n) is 3.43. The van der Waals surface area contributed by atoms with Crippen LogP contribution in [0.1, 0.15) is 29.6 Å². The highest BCUT2D eigenvalue weighted by atomic mass is 19.1. The van der Waals surface area contributed by atoms with Crippen LogP contribution < -0.4 is 0 Å². The molecule has 110 valence electrons. The second-order valence-corrected chi connectivity index (χ2v) is 5.23. The van der Waals surface area contributed by atoms with E-state index in [4.69, 9.17) is 4.74 Å². The van der Waals surface area contributed by atoms with E-state index in [1.165, 1.54) is 6.07 Å². The van der Waals surface area contributed by atoms with Crippen molar-refractivity contribution in [1.82, 2.24) is 4.90 Å². The van der Waals surface area contributed by atoms with E-state index in [9.17, 15) is 13.6 Å². The van der Waals surface area contributed by atoms with Crippen molar-refractivity contribution in [1.29, 1.82) is 0 Å². The fourth-order valence-electron chi connectivity index (χ4n) is 2.41. The topological polar surface area (TPSA) is 29.5 Å². The van der Waals surface area contributed by atoms with Gasteiger partial charge >= 0.3 is 0 Å². The number of ether oxygens (including phenoxy) is 1. The molecule has 0 radical (unpaired) electrons. The zero-order valence-electron chi connectivity index (χ0n) is 11.6. The third-order valence-corrected chi connectivity index (χ3v) is 3.43. The average molecular weight is 283 g/mol. The number of hydrogen-bond acceptors (Lipinski definition) is 3. The average Bonchev–Trinajstić information content (AvgIpc) is 2.39. The van der Waals surface area contributed by atoms with E-state index >= 15 is 0 Å². The molecule has 20 heavy (non-hydrogen) atoms. The molecule has 3 nitrogen and oxygen atoms in total. The van der Waals surface area contributed by atoms with Gasteiger partial charge in [-0.1, -0.05) is 0 Å². The van der Waals surface area contributed by atoms with E-state index in [1.54, 1.807) is 7.05 Å². The van der Waals surface area contributed by atoms with Crippen LogP contribution >= 0.6 is 0 Å². The van der Waals surface area contributed by atoms with Gasteiger partial charge < -0.3 is 4.74 Å². The molecular formula is C15H19F2NO2.